The maximum atomic E-state index is 12.2. The van der Waals surface area contributed by atoms with Crippen LogP contribution in [0.1, 0.15) is 10.5 Å². The van der Waals surface area contributed by atoms with Crippen molar-refractivity contribution in [3.05, 3.63) is 76.5 Å². The first kappa shape index (κ1) is 18.0. The van der Waals surface area contributed by atoms with Crippen LogP contribution in [0.4, 0.5) is 11.4 Å². The van der Waals surface area contributed by atoms with Crippen molar-refractivity contribution in [2.24, 2.45) is 0 Å². The highest BCUT2D eigenvalue weighted by molar-refractivity contribution is 7.80. The SMILES string of the molecule is O=C(NNC(=S)Nc1ccc([N+](=O)[O-])cc1)c1cc(-c2ccccc2)n[nH]1. The topological polar surface area (TPSA) is 125 Å². The van der Waals surface area contributed by atoms with Crippen molar-refractivity contribution in [2.75, 3.05) is 5.32 Å². The monoisotopic (exact) mass is 382 g/mol. The Kier molecular flexibility index (Phi) is 5.38. The first-order valence-electron chi connectivity index (χ1n) is 7.75. The number of H-pyrrole nitrogens is 1. The van der Waals surface area contributed by atoms with E-state index in [1.807, 2.05) is 30.3 Å². The number of benzene rings is 2. The fraction of sp³-hybridized carbons (Fsp3) is 0. The van der Waals surface area contributed by atoms with Gasteiger partial charge >= 0.3 is 0 Å². The molecule has 136 valence electrons. The minimum absolute atomic E-state index is 0.0267. The summed E-state index contributed by atoms with van der Waals surface area (Å²) in [5.74, 6) is -0.447. The highest BCUT2D eigenvalue weighted by Crippen LogP contribution is 2.17. The number of carbonyl (C=O) groups excluding carboxylic acids is 1. The Balaban J connectivity index is 1.53. The highest BCUT2D eigenvalue weighted by Gasteiger charge is 2.11. The van der Waals surface area contributed by atoms with E-state index in [-0.39, 0.29) is 16.5 Å². The maximum absolute atomic E-state index is 12.2. The van der Waals surface area contributed by atoms with Crippen molar-refractivity contribution >= 4 is 34.6 Å². The third kappa shape index (κ3) is 4.64. The number of aromatic nitrogens is 2. The number of hydrogen-bond acceptors (Lipinski definition) is 5. The molecule has 10 heteroatoms. The van der Waals surface area contributed by atoms with Crippen molar-refractivity contribution in [3.8, 4) is 11.3 Å². The molecule has 0 bridgehead atoms. The van der Waals surface area contributed by atoms with Crippen LogP contribution in [0, 0.1) is 10.1 Å². The average Bonchev–Trinajstić information content (AvgIpc) is 3.17. The summed E-state index contributed by atoms with van der Waals surface area (Å²) in [6, 6.07) is 16.8. The van der Waals surface area contributed by atoms with Gasteiger partial charge in [-0.25, -0.2) is 0 Å². The number of aromatic amines is 1. The minimum atomic E-state index is -0.491. The van der Waals surface area contributed by atoms with Gasteiger partial charge < -0.3 is 5.32 Å². The van der Waals surface area contributed by atoms with Crippen LogP contribution in [0.5, 0.6) is 0 Å². The molecule has 1 amide bonds. The first-order chi connectivity index (χ1) is 13.0. The van der Waals surface area contributed by atoms with E-state index in [2.05, 4.69) is 26.4 Å². The summed E-state index contributed by atoms with van der Waals surface area (Å²) in [5.41, 5.74) is 7.31. The van der Waals surface area contributed by atoms with Gasteiger partial charge in [0.2, 0.25) is 0 Å². The fourth-order valence-electron chi connectivity index (χ4n) is 2.20. The molecule has 3 aromatic rings. The molecule has 0 atom stereocenters. The van der Waals surface area contributed by atoms with Crippen LogP contribution in [0.2, 0.25) is 0 Å². The molecule has 1 heterocycles. The molecule has 0 aliphatic carbocycles. The van der Waals surface area contributed by atoms with Gasteiger partial charge in [0.05, 0.1) is 10.6 Å². The summed E-state index contributed by atoms with van der Waals surface area (Å²) >= 11 is 5.07. The first-order valence-corrected chi connectivity index (χ1v) is 8.16. The van der Waals surface area contributed by atoms with Gasteiger partial charge in [0.1, 0.15) is 5.69 Å². The Morgan fingerprint density at radius 3 is 2.44 bits per heavy atom. The van der Waals surface area contributed by atoms with Crippen molar-refractivity contribution in [1.82, 2.24) is 21.0 Å². The molecule has 0 radical (unpaired) electrons. The number of nitro benzene ring substituents is 1. The van der Waals surface area contributed by atoms with Gasteiger partial charge in [0.15, 0.2) is 5.11 Å². The van der Waals surface area contributed by atoms with Crippen molar-refractivity contribution in [1.29, 1.82) is 0 Å². The van der Waals surface area contributed by atoms with Gasteiger partial charge in [-0.1, -0.05) is 30.3 Å². The number of thiocarbonyl (C=S) groups is 1. The molecule has 9 nitrogen and oxygen atoms in total. The summed E-state index contributed by atoms with van der Waals surface area (Å²) in [5, 5.41) is 20.3. The number of hydrazine groups is 1. The summed E-state index contributed by atoms with van der Waals surface area (Å²) in [6.45, 7) is 0. The normalized spacial score (nSPS) is 10.1. The van der Waals surface area contributed by atoms with E-state index in [1.54, 1.807) is 6.07 Å². The van der Waals surface area contributed by atoms with Crippen LogP contribution >= 0.6 is 12.2 Å². The lowest BCUT2D eigenvalue weighted by Gasteiger charge is -2.10. The average molecular weight is 382 g/mol. The predicted octanol–water partition coefficient (Wildman–Crippen LogP) is 2.62. The summed E-state index contributed by atoms with van der Waals surface area (Å²) < 4.78 is 0. The second-order valence-corrected chi connectivity index (χ2v) is 5.78. The number of anilines is 1. The predicted molar refractivity (Wildman–Crippen MR) is 104 cm³/mol. The molecule has 1 aromatic heterocycles. The van der Waals surface area contributed by atoms with Crippen molar-refractivity contribution in [2.45, 2.75) is 0 Å². The Morgan fingerprint density at radius 1 is 1.07 bits per heavy atom. The Labute approximate surface area is 158 Å². The fourth-order valence-corrected chi connectivity index (χ4v) is 2.37. The molecular formula is C17H14N6O3S. The Morgan fingerprint density at radius 2 is 1.78 bits per heavy atom. The van der Waals surface area contributed by atoms with Crippen LogP contribution in [0.15, 0.2) is 60.7 Å². The van der Waals surface area contributed by atoms with E-state index in [1.165, 1.54) is 24.3 Å². The number of hydrogen-bond donors (Lipinski definition) is 4. The minimum Gasteiger partial charge on any atom is -0.331 e. The molecule has 0 spiro atoms. The number of nitrogens with zero attached hydrogens (tertiary/aromatic N) is 2. The Hall–Kier alpha value is -3.79. The van der Waals surface area contributed by atoms with Gasteiger partial charge in [-0.2, -0.15) is 5.10 Å². The quantitative estimate of drug-likeness (QED) is 0.310. The van der Waals surface area contributed by atoms with Crippen LogP contribution in [0.3, 0.4) is 0 Å². The largest absolute Gasteiger partial charge is 0.331 e. The smallest absolute Gasteiger partial charge is 0.287 e. The third-order valence-corrected chi connectivity index (χ3v) is 3.72. The number of nitrogens with one attached hydrogen (secondary N) is 4. The maximum Gasteiger partial charge on any atom is 0.287 e. The summed E-state index contributed by atoms with van der Waals surface area (Å²) in [7, 11) is 0. The molecule has 0 unspecified atom stereocenters. The molecular weight excluding hydrogens is 368 g/mol. The van der Waals surface area contributed by atoms with E-state index < -0.39 is 10.8 Å². The standard InChI is InChI=1S/C17H14N6O3S/c24-16(15-10-14(19-20-15)11-4-2-1-3-5-11)21-22-17(27)18-12-6-8-13(9-7-12)23(25)26/h1-10H,(H,19,20)(H,21,24)(H2,18,22,27). The van der Waals surface area contributed by atoms with E-state index in [0.29, 0.717) is 11.4 Å². The lowest BCUT2D eigenvalue weighted by Crippen LogP contribution is -2.43. The lowest BCUT2D eigenvalue weighted by atomic mass is 10.1. The number of nitro groups is 1. The van der Waals surface area contributed by atoms with Gasteiger partial charge in [-0.05, 0) is 30.4 Å². The molecule has 0 saturated carbocycles. The second kappa shape index (κ2) is 8.06. The lowest BCUT2D eigenvalue weighted by molar-refractivity contribution is -0.384. The van der Waals surface area contributed by atoms with Gasteiger partial charge in [-0.3, -0.25) is 30.9 Å². The summed E-state index contributed by atoms with van der Waals surface area (Å²) in [4.78, 5) is 22.3. The van der Waals surface area contributed by atoms with Crippen molar-refractivity contribution < 1.29 is 9.72 Å². The molecule has 4 N–H and O–H groups in total. The number of rotatable bonds is 4. The van der Waals surface area contributed by atoms with Crippen LogP contribution in [-0.2, 0) is 0 Å². The zero-order valence-electron chi connectivity index (χ0n) is 13.8. The van der Waals surface area contributed by atoms with Gasteiger partial charge in [0.25, 0.3) is 11.6 Å². The van der Waals surface area contributed by atoms with E-state index in [4.69, 9.17) is 12.2 Å². The highest BCUT2D eigenvalue weighted by atomic mass is 32.1. The van der Waals surface area contributed by atoms with Crippen molar-refractivity contribution in [3.63, 3.8) is 0 Å². The molecule has 0 aliphatic heterocycles. The third-order valence-electron chi connectivity index (χ3n) is 3.52. The number of non-ortho nitro benzene ring substituents is 1. The summed E-state index contributed by atoms with van der Waals surface area (Å²) in [6.07, 6.45) is 0. The number of amides is 1. The zero-order valence-corrected chi connectivity index (χ0v) is 14.6. The van der Waals surface area contributed by atoms with Crippen LogP contribution in [0.25, 0.3) is 11.3 Å². The second-order valence-electron chi connectivity index (χ2n) is 5.37. The molecule has 27 heavy (non-hydrogen) atoms. The Bertz CT molecular complexity index is 972. The molecule has 0 saturated heterocycles. The molecule has 2 aromatic carbocycles. The van der Waals surface area contributed by atoms with Gasteiger partial charge in [0, 0.05) is 23.4 Å². The van der Waals surface area contributed by atoms with Gasteiger partial charge in [-0.15, -0.1) is 0 Å². The van der Waals surface area contributed by atoms with E-state index >= 15 is 0 Å². The molecule has 0 aliphatic rings. The number of carbonyl (C=O) groups is 1. The van der Waals surface area contributed by atoms with E-state index in [0.717, 1.165) is 5.56 Å². The molecule has 0 fully saturated rings. The molecule has 3 rings (SSSR count). The zero-order chi connectivity index (χ0) is 19.2. The van der Waals surface area contributed by atoms with Crippen LogP contribution < -0.4 is 16.2 Å². The van der Waals surface area contributed by atoms with E-state index in [9.17, 15) is 14.9 Å². The van der Waals surface area contributed by atoms with Crippen LogP contribution in [-0.4, -0.2) is 26.1 Å².